The number of hydrogen-bond donors (Lipinski definition) is 1. The van der Waals surface area contributed by atoms with Gasteiger partial charge in [-0.15, -0.1) is 0 Å². The quantitative estimate of drug-likeness (QED) is 0.876. The van der Waals surface area contributed by atoms with Crippen LogP contribution < -0.4 is 15.4 Å². The zero-order valence-corrected chi connectivity index (χ0v) is 11.5. The van der Waals surface area contributed by atoms with Gasteiger partial charge in [0.2, 0.25) is 0 Å². The zero-order chi connectivity index (χ0) is 13.1. The Balaban J connectivity index is 2.25. The van der Waals surface area contributed by atoms with Gasteiger partial charge in [0.1, 0.15) is 5.75 Å². The van der Waals surface area contributed by atoms with Crippen molar-refractivity contribution < 1.29 is 4.74 Å². The second kappa shape index (κ2) is 5.59. The van der Waals surface area contributed by atoms with Crippen molar-refractivity contribution in [2.24, 2.45) is 5.73 Å². The first-order chi connectivity index (χ1) is 8.65. The number of nitrogens with zero attached hydrogens (tertiary/aromatic N) is 2. The second-order valence-corrected chi connectivity index (χ2v) is 4.97. The van der Waals surface area contributed by atoms with Crippen LogP contribution in [0.15, 0.2) is 18.2 Å². The van der Waals surface area contributed by atoms with E-state index in [9.17, 15) is 0 Å². The summed E-state index contributed by atoms with van der Waals surface area (Å²) < 4.78 is 5.32. The third-order valence-corrected chi connectivity index (χ3v) is 3.81. The van der Waals surface area contributed by atoms with Crippen LogP contribution in [0.4, 0.5) is 5.69 Å². The van der Waals surface area contributed by atoms with Gasteiger partial charge in [0.05, 0.1) is 7.11 Å². The normalized spacial score (nSPS) is 21.1. The van der Waals surface area contributed by atoms with Gasteiger partial charge in [-0.05, 0) is 25.6 Å². The summed E-state index contributed by atoms with van der Waals surface area (Å²) in [6.07, 6.45) is 0. The largest absolute Gasteiger partial charge is 0.497 e. The van der Waals surface area contributed by atoms with Crippen LogP contribution in [0, 0.1) is 0 Å². The van der Waals surface area contributed by atoms with E-state index >= 15 is 0 Å². The van der Waals surface area contributed by atoms with E-state index in [2.05, 4.69) is 35.9 Å². The number of anilines is 1. The van der Waals surface area contributed by atoms with Gasteiger partial charge in [-0.3, -0.25) is 0 Å². The Morgan fingerprint density at radius 2 is 2.17 bits per heavy atom. The molecule has 1 unspecified atom stereocenters. The molecule has 2 rings (SSSR count). The smallest absolute Gasteiger partial charge is 0.120 e. The van der Waals surface area contributed by atoms with E-state index in [-0.39, 0.29) is 0 Å². The molecule has 100 valence electrons. The van der Waals surface area contributed by atoms with Gasteiger partial charge in [0.15, 0.2) is 0 Å². The molecule has 1 aromatic carbocycles. The van der Waals surface area contributed by atoms with Crippen molar-refractivity contribution in [1.29, 1.82) is 0 Å². The average Bonchev–Trinajstić information content (AvgIpc) is 2.41. The van der Waals surface area contributed by atoms with Crippen molar-refractivity contribution in [2.75, 3.05) is 38.7 Å². The van der Waals surface area contributed by atoms with E-state index in [1.807, 2.05) is 6.07 Å². The van der Waals surface area contributed by atoms with Crippen molar-refractivity contribution in [3.8, 4) is 5.75 Å². The summed E-state index contributed by atoms with van der Waals surface area (Å²) in [7, 11) is 3.88. The number of piperazine rings is 1. The summed E-state index contributed by atoms with van der Waals surface area (Å²) >= 11 is 0. The number of methoxy groups -OCH3 is 1. The minimum Gasteiger partial charge on any atom is -0.497 e. The Kier molecular flexibility index (Phi) is 4.09. The van der Waals surface area contributed by atoms with Gasteiger partial charge >= 0.3 is 0 Å². The standard InChI is InChI=1S/C14H23N3O/c1-11-10-17(7-6-16(11)2)14-8-13(18-3)5-4-12(14)9-15/h4-5,8,11H,6-7,9-10,15H2,1-3H3. The summed E-state index contributed by atoms with van der Waals surface area (Å²) in [5.41, 5.74) is 8.24. The van der Waals surface area contributed by atoms with E-state index in [0.717, 1.165) is 25.4 Å². The number of likely N-dealkylation sites (N-methyl/N-ethyl adjacent to an activating group) is 1. The van der Waals surface area contributed by atoms with Gasteiger partial charge in [-0.2, -0.15) is 0 Å². The topological polar surface area (TPSA) is 41.7 Å². The zero-order valence-electron chi connectivity index (χ0n) is 11.5. The van der Waals surface area contributed by atoms with Gasteiger partial charge in [0, 0.05) is 44.0 Å². The van der Waals surface area contributed by atoms with E-state index in [0.29, 0.717) is 12.6 Å². The molecule has 0 aliphatic carbocycles. The van der Waals surface area contributed by atoms with E-state index in [4.69, 9.17) is 10.5 Å². The molecular formula is C14H23N3O. The molecule has 0 spiro atoms. The van der Waals surface area contributed by atoms with Crippen LogP contribution in [-0.4, -0.2) is 44.7 Å². The molecule has 0 bridgehead atoms. The highest BCUT2D eigenvalue weighted by Crippen LogP contribution is 2.27. The molecule has 2 N–H and O–H groups in total. The molecule has 1 saturated heterocycles. The molecule has 1 heterocycles. The van der Waals surface area contributed by atoms with Crippen LogP contribution in [0.2, 0.25) is 0 Å². The minimum atomic E-state index is 0.565. The lowest BCUT2D eigenvalue weighted by Crippen LogP contribution is -2.50. The summed E-state index contributed by atoms with van der Waals surface area (Å²) in [6.45, 7) is 5.99. The lowest BCUT2D eigenvalue weighted by Gasteiger charge is -2.39. The minimum absolute atomic E-state index is 0.565. The predicted molar refractivity (Wildman–Crippen MR) is 75.2 cm³/mol. The molecule has 0 amide bonds. The van der Waals surface area contributed by atoms with E-state index < -0.39 is 0 Å². The van der Waals surface area contributed by atoms with Crippen LogP contribution in [-0.2, 0) is 6.54 Å². The van der Waals surface area contributed by atoms with E-state index in [1.165, 1.54) is 11.3 Å². The van der Waals surface area contributed by atoms with Gasteiger partial charge < -0.3 is 20.3 Å². The summed E-state index contributed by atoms with van der Waals surface area (Å²) in [5.74, 6) is 0.897. The molecule has 4 nitrogen and oxygen atoms in total. The molecule has 1 aliphatic rings. The van der Waals surface area contributed by atoms with Crippen molar-refractivity contribution in [3.63, 3.8) is 0 Å². The summed E-state index contributed by atoms with van der Waals surface area (Å²) in [4.78, 5) is 4.80. The average molecular weight is 249 g/mol. The predicted octanol–water partition coefficient (Wildman–Crippen LogP) is 1.29. The molecule has 4 heteroatoms. The molecule has 0 radical (unpaired) electrons. The molecule has 0 saturated carbocycles. The van der Waals surface area contributed by atoms with Gasteiger partial charge in [-0.25, -0.2) is 0 Å². The lowest BCUT2D eigenvalue weighted by atomic mass is 10.1. The van der Waals surface area contributed by atoms with Crippen molar-refractivity contribution >= 4 is 5.69 Å². The highest BCUT2D eigenvalue weighted by atomic mass is 16.5. The SMILES string of the molecule is COc1ccc(CN)c(N2CCN(C)C(C)C2)c1. The molecule has 1 aromatic rings. The van der Waals surface area contributed by atoms with Crippen molar-refractivity contribution in [3.05, 3.63) is 23.8 Å². The number of benzene rings is 1. The fourth-order valence-corrected chi connectivity index (χ4v) is 2.40. The Morgan fingerprint density at radius 1 is 1.39 bits per heavy atom. The van der Waals surface area contributed by atoms with Crippen LogP contribution in [0.25, 0.3) is 0 Å². The Labute approximate surface area is 109 Å². The van der Waals surface area contributed by atoms with Crippen LogP contribution in [0.3, 0.4) is 0 Å². The van der Waals surface area contributed by atoms with Gasteiger partial charge in [-0.1, -0.05) is 6.07 Å². The molecule has 1 atom stereocenters. The second-order valence-electron chi connectivity index (χ2n) is 4.97. The molecule has 0 aromatic heterocycles. The fourth-order valence-electron chi connectivity index (χ4n) is 2.40. The molecule has 18 heavy (non-hydrogen) atoms. The van der Waals surface area contributed by atoms with Gasteiger partial charge in [0.25, 0.3) is 0 Å². The molecule has 1 aliphatic heterocycles. The fraction of sp³-hybridized carbons (Fsp3) is 0.571. The monoisotopic (exact) mass is 249 g/mol. The first-order valence-corrected chi connectivity index (χ1v) is 6.48. The molecule has 1 fully saturated rings. The maximum Gasteiger partial charge on any atom is 0.120 e. The van der Waals surface area contributed by atoms with E-state index in [1.54, 1.807) is 7.11 Å². The summed E-state index contributed by atoms with van der Waals surface area (Å²) in [6, 6.07) is 6.71. The Morgan fingerprint density at radius 3 is 2.78 bits per heavy atom. The Bertz CT molecular complexity index is 408. The number of ether oxygens (including phenoxy) is 1. The number of rotatable bonds is 3. The number of hydrogen-bond acceptors (Lipinski definition) is 4. The van der Waals surface area contributed by atoms with Crippen molar-refractivity contribution in [2.45, 2.75) is 19.5 Å². The summed E-state index contributed by atoms with van der Waals surface area (Å²) in [5, 5.41) is 0. The maximum absolute atomic E-state index is 5.83. The number of nitrogens with two attached hydrogens (primary N) is 1. The first kappa shape index (κ1) is 13.2. The third kappa shape index (κ3) is 2.60. The maximum atomic E-state index is 5.83. The highest BCUT2D eigenvalue weighted by Gasteiger charge is 2.22. The Hall–Kier alpha value is -1.26. The van der Waals surface area contributed by atoms with Crippen molar-refractivity contribution in [1.82, 2.24) is 4.90 Å². The lowest BCUT2D eigenvalue weighted by molar-refractivity contribution is 0.234. The van der Waals surface area contributed by atoms with Crippen LogP contribution >= 0.6 is 0 Å². The van der Waals surface area contributed by atoms with Crippen LogP contribution in [0.1, 0.15) is 12.5 Å². The first-order valence-electron chi connectivity index (χ1n) is 6.48. The van der Waals surface area contributed by atoms with Crippen LogP contribution in [0.5, 0.6) is 5.75 Å². The highest BCUT2D eigenvalue weighted by molar-refractivity contribution is 5.57. The molecular weight excluding hydrogens is 226 g/mol. The third-order valence-electron chi connectivity index (χ3n) is 3.81.